The van der Waals surface area contributed by atoms with Gasteiger partial charge in [-0.05, 0) is 36.5 Å². The molecule has 1 rings (SSSR count). The van der Waals surface area contributed by atoms with Gasteiger partial charge in [0.25, 0.3) is 0 Å². The number of benzene rings is 1. The second-order valence-corrected chi connectivity index (χ2v) is 3.32. The first-order valence-electron chi connectivity index (χ1n) is 4.80. The van der Waals surface area contributed by atoms with Gasteiger partial charge in [0.2, 0.25) is 0 Å². The summed E-state index contributed by atoms with van der Waals surface area (Å²) < 4.78 is 0. The minimum atomic E-state index is 0.630. The van der Waals surface area contributed by atoms with Crippen LogP contribution in [-0.2, 0) is 17.6 Å². The molecule has 0 heterocycles. The number of hydrogen-bond donors (Lipinski definition) is 0. The highest BCUT2D eigenvalue weighted by atomic mass is 16.1. The van der Waals surface area contributed by atoms with Crippen molar-refractivity contribution >= 4 is 6.29 Å². The number of aryl methyl sites for hydroxylation is 3. The molecule has 0 fully saturated rings. The molecule has 0 unspecified atom stereocenters. The molecule has 13 heavy (non-hydrogen) atoms. The fraction of sp³-hybridized carbons (Fsp3) is 0.417. The van der Waals surface area contributed by atoms with E-state index in [0.717, 1.165) is 19.1 Å². The summed E-state index contributed by atoms with van der Waals surface area (Å²) in [6.07, 6.45) is 3.56. The van der Waals surface area contributed by atoms with E-state index in [1.54, 1.807) is 0 Å². The van der Waals surface area contributed by atoms with Crippen LogP contribution in [0.15, 0.2) is 18.2 Å². The van der Waals surface area contributed by atoms with Crippen LogP contribution >= 0.6 is 0 Å². The van der Waals surface area contributed by atoms with Crippen molar-refractivity contribution in [3.8, 4) is 0 Å². The van der Waals surface area contributed by atoms with Crippen molar-refractivity contribution in [2.75, 3.05) is 0 Å². The molecule has 0 aliphatic rings. The summed E-state index contributed by atoms with van der Waals surface area (Å²) in [6.45, 7) is 4.29. The Morgan fingerprint density at radius 1 is 1.38 bits per heavy atom. The quantitative estimate of drug-likeness (QED) is 0.645. The van der Waals surface area contributed by atoms with Crippen LogP contribution < -0.4 is 0 Å². The maximum atomic E-state index is 10.2. The summed E-state index contributed by atoms with van der Waals surface area (Å²) in [4.78, 5) is 10.2. The zero-order chi connectivity index (χ0) is 9.68. The normalized spacial score (nSPS) is 10.0. The van der Waals surface area contributed by atoms with Gasteiger partial charge in [-0.2, -0.15) is 0 Å². The van der Waals surface area contributed by atoms with E-state index in [1.807, 2.05) is 0 Å². The topological polar surface area (TPSA) is 17.1 Å². The predicted molar refractivity (Wildman–Crippen MR) is 54.9 cm³/mol. The van der Waals surface area contributed by atoms with Crippen LogP contribution in [0.1, 0.15) is 30.0 Å². The van der Waals surface area contributed by atoms with Crippen molar-refractivity contribution < 1.29 is 4.79 Å². The van der Waals surface area contributed by atoms with E-state index in [0.29, 0.717) is 6.42 Å². The third kappa shape index (κ3) is 2.69. The molecule has 0 bridgehead atoms. The first kappa shape index (κ1) is 9.97. The third-order valence-electron chi connectivity index (χ3n) is 2.34. The lowest BCUT2D eigenvalue weighted by Gasteiger charge is -2.05. The summed E-state index contributed by atoms with van der Waals surface area (Å²) in [7, 11) is 0. The Balaban J connectivity index is 2.76. The summed E-state index contributed by atoms with van der Waals surface area (Å²) in [5, 5.41) is 0. The fourth-order valence-corrected chi connectivity index (χ4v) is 1.54. The maximum Gasteiger partial charge on any atom is 0.120 e. The Labute approximate surface area is 79.8 Å². The van der Waals surface area contributed by atoms with Gasteiger partial charge in [-0.3, -0.25) is 0 Å². The van der Waals surface area contributed by atoms with Crippen LogP contribution in [0, 0.1) is 6.92 Å². The average molecular weight is 176 g/mol. The molecule has 1 aromatic rings. The average Bonchev–Trinajstić information content (AvgIpc) is 2.15. The van der Waals surface area contributed by atoms with Gasteiger partial charge >= 0.3 is 0 Å². The van der Waals surface area contributed by atoms with Crippen LogP contribution in [0.5, 0.6) is 0 Å². The van der Waals surface area contributed by atoms with Crippen molar-refractivity contribution in [3.05, 3.63) is 34.9 Å². The Hall–Kier alpha value is -1.11. The van der Waals surface area contributed by atoms with Gasteiger partial charge < -0.3 is 4.79 Å². The molecule has 0 N–H and O–H groups in total. The minimum absolute atomic E-state index is 0.630. The molecular weight excluding hydrogens is 160 g/mol. The van der Waals surface area contributed by atoms with Gasteiger partial charge in [0.15, 0.2) is 0 Å². The Morgan fingerprint density at radius 3 is 2.69 bits per heavy atom. The standard InChI is InChI=1S/C12H16O/c1-3-12-7-6-11(5-4-8-13)9-10(12)2/h6-9H,3-5H2,1-2H3. The summed E-state index contributed by atoms with van der Waals surface area (Å²) in [5.74, 6) is 0. The van der Waals surface area contributed by atoms with E-state index < -0.39 is 0 Å². The van der Waals surface area contributed by atoms with Gasteiger partial charge in [-0.15, -0.1) is 0 Å². The highest BCUT2D eigenvalue weighted by Gasteiger charge is 1.97. The molecule has 0 saturated carbocycles. The van der Waals surface area contributed by atoms with E-state index in [2.05, 4.69) is 32.0 Å². The van der Waals surface area contributed by atoms with Gasteiger partial charge in [-0.25, -0.2) is 0 Å². The molecule has 0 aliphatic heterocycles. The summed E-state index contributed by atoms with van der Waals surface area (Å²) in [6, 6.07) is 6.47. The van der Waals surface area contributed by atoms with E-state index >= 15 is 0 Å². The van der Waals surface area contributed by atoms with Gasteiger partial charge in [0.05, 0.1) is 0 Å². The number of rotatable bonds is 4. The first-order chi connectivity index (χ1) is 6.27. The summed E-state index contributed by atoms with van der Waals surface area (Å²) >= 11 is 0. The van der Waals surface area contributed by atoms with E-state index in [4.69, 9.17) is 0 Å². The molecule has 1 aromatic carbocycles. The Kier molecular flexibility index (Phi) is 3.69. The molecule has 1 heteroatoms. The van der Waals surface area contributed by atoms with E-state index in [1.165, 1.54) is 16.7 Å². The number of carbonyl (C=O) groups excluding carboxylic acids is 1. The highest BCUT2D eigenvalue weighted by Crippen LogP contribution is 2.12. The number of hydrogen-bond acceptors (Lipinski definition) is 1. The van der Waals surface area contributed by atoms with Gasteiger partial charge in [0, 0.05) is 6.42 Å². The maximum absolute atomic E-state index is 10.2. The van der Waals surface area contributed by atoms with Crippen molar-refractivity contribution in [1.82, 2.24) is 0 Å². The molecule has 0 radical (unpaired) electrons. The summed E-state index contributed by atoms with van der Waals surface area (Å²) in [5.41, 5.74) is 4.00. The van der Waals surface area contributed by atoms with Crippen molar-refractivity contribution in [3.63, 3.8) is 0 Å². The monoisotopic (exact) mass is 176 g/mol. The van der Waals surface area contributed by atoms with E-state index in [-0.39, 0.29) is 0 Å². The SMILES string of the molecule is CCc1ccc(CCC=O)cc1C. The van der Waals surface area contributed by atoms with Gasteiger partial charge in [-0.1, -0.05) is 25.1 Å². The molecule has 0 amide bonds. The lowest BCUT2D eigenvalue weighted by atomic mass is 10.0. The second-order valence-electron chi connectivity index (χ2n) is 3.32. The molecule has 0 aromatic heterocycles. The zero-order valence-electron chi connectivity index (χ0n) is 8.34. The van der Waals surface area contributed by atoms with Crippen LogP contribution in [0.25, 0.3) is 0 Å². The number of aldehydes is 1. The van der Waals surface area contributed by atoms with Crippen LogP contribution in [0.2, 0.25) is 0 Å². The zero-order valence-corrected chi connectivity index (χ0v) is 8.34. The molecule has 1 nitrogen and oxygen atoms in total. The number of carbonyl (C=O) groups is 1. The Morgan fingerprint density at radius 2 is 2.15 bits per heavy atom. The molecule has 70 valence electrons. The van der Waals surface area contributed by atoms with E-state index in [9.17, 15) is 4.79 Å². The molecular formula is C12H16O. The second kappa shape index (κ2) is 4.80. The van der Waals surface area contributed by atoms with Crippen LogP contribution in [0.4, 0.5) is 0 Å². The molecule has 0 atom stereocenters. The van der Waals surface area contributed by atoms with Crippen molar-refractivity contribution in [2.45, 2.75) is 33.1 Å². The first-order valence-corrected chi connectivity index (χ1v) is 4.80. The van der Waals surface area contributed by atoms with Crippen LogP contribution in [-0.4, -0.2) is 6.29 Å². The van der Waals surface area contributed by atoms with Crippen molar-refractivity contribution in [2.24, 2.45) is 0 Å². The highest BCUT2D eigenvalue weighted by molar-refractivity contribution is 5.50. The smallest absolute Gasteiger partial charge is 0.120 e. The molecule has 0 saturated heterocycles. The van der Waals surface area contributed by atoms with Gasteiger partial charge in [0.1, 0.15) is 6.29 Å². The lowest BCUT2D eigenvalue weighted by Crippen LogP contribution is -1.91. The Bertz CT molecular complexity index is 289. The fourth-order valence-electron chi connectivity index (χ4n) is 1.54. The van der Waals surface area contributed by atoms with Crippen molar-refractivity contribution in [1.29, 1.82) is 0 Å². The van der Waals surface area contributed by atoms with Crippen LogP contribution in [0.3, 0.4) is 0 Å². The lowest BCUT2D eigenvalue weighted by molar-refractivity contribution is -0.107. The third-order valence-corrected chi connectivity index (χ3v) is 2.34. The molecule has 0 aliphatic carbocycles. The predicted octanol–water partition coefficient (Wildman–Crippen LogP) is 2.69. The largest absolute Gasteiger partial charge is 0.303 e. The molecule has 0 spiro atoms. The minimum Gasteiger partial charge on any atom is -0.303 e.